The molecule has 0 radical (unpaired) electrons. The van der Waals surface area contributed by atoms with Gasteiger partial charge >= 0.3 is 12.0 Å². The molecule has 0 saturated carbocycles. The third-order valence-electron chi connectivity index (χ3n) is 1.61. The summed E-state index contributed by atoms with van der Waals surface area (Å²) in [6, 6.07) is 0. The monoisotopic (exact) mass is 364 g/mol. The van der Waals surface area contributed by atoms with Gasteiger partial charge < -0.3 is 9.84 Å². The van der Waals surface area contributed by atoms with Crippen LogP contribution >= 0.6 is 22.6 Å². The van der Waals surface area contributed by atoms with E-state index >= 15 is 0 Å². The number of aliphatic hydroxyl groups excluding tert-OH is 1. The number of nitro groups is 1. The zero-order chi connectivity index (χ0) is 13.2. The fourth-order valence-electron chi connectivity index (χ4n) is 1.02. The molecule has 0 aliphatic rings. The number of rotatable bonds is 3. The Balaban J connectivity index is 3.39. The average Bonchev–Trinajstić information content (AvgIpc) is 2.18. The Kier molecular flexibility index (Phi) is 4.08. The molecule has 17 heavy (non-hydrogen) atoms. The lowest BCUT2D eigenvalue weighted by atomic mass is 10.2. The number of hydrogen-bond donors (Lipinski definition) is 1. The second-order valence-corrected chi connectivity index (χ2v) is 3.74. The first-order chi connectivity index (χ1) is 7.76. The molecule has 0 amide bonds. The second-order valence-electron chi connectivity index (χ2n) is 2.72. The number of aromatic nitrogens is 1. The molecular formula is C7H4F3IN2O4. The van der Waals surface area contributed by atoms with Crippen molar-refractivity contribution in [3.63, 3.8) is 0 Å². The van der Waals surface area contributed by atoms with E-state index in [0.717, 1.165) is 6.20 Å². The lowest BCUT2D eigenvalue weighted by Gasteiger charge is -2.11. The molecule has 1 N–H and O–H groups in total. The van der Waals surface area contributed by atoms with Crippen molar-refractivity contribution >= 4 is 28.3 Å². The fraction of sp³-hybridized carbons (Fsp3) is 0.286. The van der Waals surface area contributed by atoms with Gasteiger partial charge in [0.25, 0.3) is 0 Å². The van der Waals surface area contributed by atoms with Crippen molar-refractivity contribution in [3.8, 4) is 5.75 Å². The smallest absolute Gasteiger partial charge is 0.396 e. The molecule has 0 fully saturated rings. The lowest BCUT2D eigenvalue weighted by molar-refractivity contribution is -0.389. The van der Waals surface area contributed by atoms with Gasteiger partial charge in [0.1, 0.15) is 0 Å². The number of nitrogens with zero attached hydrogens (tertiary/aromatic N) is 2. The van der Waals surface area contributed by atoms with E-state index in [4.69, 9.17) is 5.11 Å². The standard InChI is InChI=1S/C7H4F3IN2O4/c8-7(9,10)17-5-4(13(15)16)3(2-14)1-12-6(5)11/h1,14H,2H2. The lowest BCUT2D eigenvalue weighted by Crippen LogP contribution is -2.19. The Morgan fingerprint density at radius 1 is 1.59 bits per heavy atom. The molecule has 0 unspecified atom stereocenters. The van der Waals surface area contributed by atoms with Crippen molar-refractivity contribution in [2.45, 2.75) is 13.0 Å². The van der Waals surface area contributed by atoms with E-state index in [1.165, 1.54) is 22.6 Å². The van der Waals surface area contributed by atoms with E-state index in [9.17, 15) is 23.3 Å². The molecule has 0 spiro atoms. The van der Waals surface area contributed by atoms with E-state index < -0.39 is 29.3 Å². The van der Waals surface area contributed by atoms with Crippen molar-refractivity contribution in [3.05, 3.63) is 25.6 Å². The van der Waals surface area contributed by atoms with Crippen LogP contribution in [0.1, 0.15) is 5.56 Å². The topological polar surface area (TPSA) is 85.5 Å². The van der Waals surface area contributed by atoms with Crippen molar-refractivity contribution in [1.29, 1.82) is 0 Å². The predicted octanol–water partition coefficient (Wildman–Crippen LogP) is 1.99. The first kappa shape index (κ1) is 13.9. The number of halogens is 4. The molecule has 0 aliphatic heterocycles. The number of aliphatic hydroxyl groups is 1. The van der Waals surface area contributed by atoms with Gasteiger partial charge in [0.05, 0.1) is 17.1 Å². The minimum atomic E-state index is -5.07. The molecule has 10 heteroatoms. The van der Waals surface area contributed by atoms with Crippen LogP contribution in [0.25, 0.3) is 0 Å². The van der Waals surface area contributed by atoms with Crippen LogP contribution in [0.4, 0.5) is 18.9 Å². The summed E-state index contributed by atoms with van der Waals surface area (Å²) in [6.07, 6.45) is -4.15. The Hall–Kier alpha value is -1.17. The van der Waals surface area contributed by atoms with Crippen molar-refractivity contribution in [2.75, 3.05) is 0 Å². The van der Waals surface area contributed by atoms with Gasteiger partial charge in [0.15, 0.2) is 3.70 Å². The maximum atomic E-state index is 12.1. The molecule has 1 aromatic rings. The Morgan fingerprint density at radius 2 is 2.18 bits per heavy atom. The van der Waals surface area contributed by atoms with E-state index in [2.05, 4.69) is 9.72 Å². The molecule has 0 atom stereocenters. The summed E-state index contributed by atoms with van der Waals surface area (Å²) >= 11 is 1.37. The summed E-state index contributed by atoms with van der Waals surface area (Å²) in [5.41, 5.74) is -1.29. The van der Waals surface area contributed by atoms with Crippen LogP contribution < -0.4 is 4.74 Å². The highest BCUT2D eigenvalue weighted by atomic mass is 127. The van der Waals surface area contributed by atoms with E-state index in [1.807, 2.05) is 0 Å². The summed E-state index contributed by atoms with van der Waals surface area (Å²) in [6.45, 7) is -0.811. The van der Waals surface area contributed by atoms with Gasteiger partial charge in [0, 0.05) is 6.20 Å². The maximum absolute atomic E-state index is 12.1. The van der Waals surface area contributed by atoms with Gasteiger partial charge in [-0.25, -0.2) is 4.98 Å². The van der Waals surface area contributed by atoms with Gasteiger partial charge in [0.2, 0.25) is 5.75 Å². The molecule has 94 valence electrons. The highest BCUT2D eigenvalue weighted by Gasteiger charge is 2.37. The van der Waals surface area contributed by atoms with Crippen LogP contribution in [-0.4, -0.2) is 21.4 Å². The zero-order valence-corrected chi connectivity index (χ0v) is 10.0. The van der Waals surface area contributed by atoms with Crippen LogP contribution in [0.15, 0.2) is 6.20 Å². The maximum Gasteiger partial charge on any atom is 0.573 e. The van der Waals surface area contributed by atoms with Gasteiger partial charge in [-0.15, -0.1) is 13.2 Å². The van der Waals surface area contributed by atoms with Crippen molar-refractivity contribution in [1.82, 2.24) is 4.98 Å². The quantitative estimate of drug-likeness (QED) is 0.384. The Labute approximate surface area is 106 Å². The van der Waals surface area contributed by atoms with E-state index in [0.29, 0.717) is 0 Å². The van der Waals surface area contributed by atoms with Gasteiger partial charge in [-0.1, -0.05) is 0 Å². The number of pyridine rings is 1. The zero-order valence-electron chi connectivity index (χ0n) is 7.86. The Bertz CT molecular complexity index is 451. The molecule has 0 aliphatic carbocycles. The molecule has 6 nitrogen and oxygen atoms in total. The molecule has 0 saturated heterocycles. The molecule has 1 aromatic heterocycles. The Morgan fingerprint density at radius 3 is 2.59 bits per heavy atom. The normalized spacial score (nSPS) is 11.4. The third-order valence-corrected chi connectivity index (χ3v) is 2.38. The van der Waals surface area contributed by atoms with Gasteiger partial charge in [-0.2, -0.15) is 0 Å². The fourth-order valence-corrected chi connectivity index (χ4v) is 1.52. The SMILES string of the molecule is O=[N+]([O-])c1c(CO)cnc(I)c1OC(F)(F)F. The van der Waals surface area contributed by atoms with Gasteiger partial charge in [-0.3, -0.25) is 10.1 Å². The summed E-state index contributed by atoms with van der Waals surface area (Å²) < 4.78 is 39.4. The highest BCUT2D eigenvalue weighted by Crippen LogP contribution is 2.37. The first-order valence-electron chi connectivity index (χ1n) is 3.94. The number of hydrogen-bond acceptors (Lipinski definition) is 5. The van der Waals surface area contributed by atoms with Crippen LogP contribution in [0.2, 0.25) is 0 Å². The van der Waals surface area contributed by atoms with Crippen molar-refractivity contribution < 1.29 is 27.9 Å². The van der Waals surface area contributed by atoms with Crippen LogP contribution in [0.5, 0.6) is 5.75 Å². The minimum Gasteiger partial charge on any atom is -0.396 e. The van der Waals surface area contributed by atoms with Crippen LogP contribution in [0.3, 0.4) is 0 Å². The minimum absolute atomic E-state index is 0.316. The van der Waals surface area contributed by atoms with Crippen LogP contribution in [0, 0.1) is 13.8 Å². The van der Waals surface area contributed by atoms with E-state index in [-0.39, 0.29) is 9.26 Å². The molecule has 1 heterocycles. The average molecular weight is 364 g/mol. The summed E-state index contributed by atoms with van der Waals surface area (Å²) in [4.78, 5) is 13.1. The summed E-state index contributed by atoms with van der Waals surface area (Å²) in [5.74, 6) is -1.02. The number of ether oxygens (including phenoxy) is 1. The first-order valence-corrected chi connectivity index (χ1v) is 5.02. The molecular weight excluding hydrogens is 360 g/mol. The van der Waals surface area contributed by atoms with Crippen molar-refractivity contribution in [2.24, 2.45) is 0 Å². The summed E-state index contributed by atoms with van der Waals surface area (Å²) in [7, 11) is 0. The number of alkyl halides is 3. The molecule has 0 bridgehead atoms. The highest BCUT2D eigenvalue weighted by molar-refractivity contribution is 14.1. The van der Waals surface area contributed by atoms with Crippen LogP contribution in [-0.2, 0) is 6.61 Å². The van der Waals surface area contributed by atoms with Gasteiger partial charge in [-0.05, 0) is 22.6 Å². The largest absolute Gasteiger partial charge is 0.573 e. The second kappa shape index (κ2) is 5.00. The third kappa shape index (κ3) is 3.39. The summed E-state index contributed by atoms with van der Waals surface area (Å²) in [5, 5.41) is 19.5. The molecule has 1 rings (SSSR count). The van der Waals surface area contributed by atoms with E-state index in [1.54, 1.807) is 0 Å². The predicted molar refractivity (Wildman–Crippen MR) is 56.2 cm³/mol. The molecule has 0 aromatic carbocycles.